The molecule has 0 spiro atoms. The van der Waals surface area contributed by atoms with Crippen LogP contribution in [-0.4, -0.2) is 50.6 Å². The molecular formula is C10H16F4N2O2. The molecule has 8 heteroatoms. The zero-order chi connectivity index (χ0) is 13.8. The number of methoxy groups -OCH3 is 1. The first-order valence-corrected chi connectivity index (χ1v) is 5.52. The number of ether oxygens (including phenoxy) is 1. The number of rotatable bonds is 6. The molecule has 0 aliphatic carbocycles. The molecule has 0 aromatic carbocycles. The molecule has 1 rings (SSSR count). The Kier molecular flexibility index (Phi) is 4.92. The summed E-state index contributed by atoms with van der Waals surface area (Å²) in [4.78, 5) is 11.0. The van der Waals surface area contributed by atoms with Crippen molar-refractivity contribution in [2.75, 3.05) is 26.8 Å². The van der Waals surface area contributed by atoms with E-state index < -0.39 is 23.8 Å². The summed E-state index contributed by atoms with van der Waals surface area (Å²) in [5.41, 5.74) is -0.650. The molecule has 106 valence electrons. The zero-order valence-corrected chi connectivity index (χ0v) is 9.94. The van der Waals surface area contributed by atoms with Gasteiger partial charge in [0, 0.05) is 13.7 Å². The van der Waals surface area contributed by atoms with Crippen molar-refractivity contribution >= 4 is 5.91 Å². The summed E-state index contributed by atoms with van der Waals surface area (Å²) in [7, 11) is 1.44. The fraction of sp³-hybridized carbons (Fsp3) is 0.900. The van der Waals surface area contributed by atoms with Gasteiger partial charge in [-0.2, -0.15) is 8.78 Å². The number of amides is 1. The average Bonchev–Trinajstić information content (AvgIpc) is 2.75. The number of alkyl halides is 4. The lowest BCUT2D eigenvalue weighted by Crippen LogP contribution is -2.56. The number of carbonyl (C=O) groups is 1. The van der Waals surface area contributed by atoms with E-state index in [2.05, 4.69) is 5.32 Å². The predicted molar refractivity (Wildman–Crippen MR) is 55.8 cm³/mol. The van der Waals surface area contributed by atoms with Gasteiger partial charge in [0.05, 0.1) is 12.1 Å². The van der Waals surface area contributed by atoms with Crippen molar-refractivity contribution in [2.24, 2.45) is 0 Å². The van der Waals surface area contributed by atoms with E-state index in [0.717, 1.165) is 6.42 Å². The number of nitrogens with one attached hydrogen (secondary N) is 2. The third-order valence-electron chi connectivity index (χ3n) is 2.92. The first-order chi connectivity index (χ1) is 8.34. The monoisotopic (exact) mass is 272 g/mol. The van der Waals surface area contributed by atoms with Gasteiger partial charge in [-0.05, 0) is 19.4 Å². The van der Waals surface area contributed by atoms with E-state index >= 15 is 0 Å². The minimum atomic E-state index is -4.66. The Hall–Kier alpha value is -0.890. The summed E-state index contributed by atoms with van der Waals surface area (Å²) in [5, 5.41) is 4.90. The normalized spacial score (nSPS) is 24.6. The van der Waals surface area contributed by atoms with Crippen LogP contribution in [0, 0.1) is 0 Å². The van der Waals surface area contributed by atoms with Crippen LogP contribution in [-0.2, 0) is 9.53 Å². The average molecular weight is 272 g/mol. The van der Waals surface area contributed by atoms with E-state index in [0.29, 0.717) is 13.0 Å². The summed E-state index contributed by atoms with van der Waals surface area (Å²) in [6.07, 6.45) is -2.57. The second-order valence-corrected chi connectivity index (χ2v) is 4.35. The fourth-order valence-corrected chi connectivity index (χ4v) is 1.94. The molecule has 1 atom stereocenters. The van der Waals surface area contributed by atoms with E-state index in [1.807, 2.05) is 5.32 Å². The van der Waals surface area contributed by atoms with Crippen LogP contribution in [0.25, 0.3) is 0 Å². The first-order valence-electron chi connectivity index (χ1n) is 5.52. The van der Waals surface area contributed by atoms with Gasteiger partial charge in [-0.3, -0.25) is 4.79 Å². The third-order valence-corrected chi connectivity index (χ3v) is 2.92. The minimum absolute atomic E-state index is 0.165. The van der Waals surface area contributed by atoms with Crippen LogP contribution in [0.5, 0.6) is 0 Å². The molecule has 0 aromatic heterocycles. The molecule has 1 saturated heterocycles. The number of hydrogen-bond acceptors (Lipinski definition) is 3. The maximum Gasteiger partial charge on any atom is 0.383 e. The molecule has 1 fully saturated rings. The van der Waals surface area contributed by atoms with Gasteiger partial charge in [0.1, 0.15) is 0 Å². The third kappa shape index (κ3) is 3.32. The molecular weight excluding hydrogens is 256 g/mol. The Morgan fingerprint density at radius 1 is 1.56 bits per heavy atom. The van der Waals surface area contributed by atoms with E-state index in [9.17, 15) is 22.4 Å². The highest BCUT2D eigenvalue weighted by molar-refractivity contribution is 5.83. The van der Waals surface area contributed by atoms with Gasteiger partial charge in [0.25, 0.3) is 5.91 Å². The highest BCUT2D eigenvalue weighted by Crippen LogP contribution is 2.24. The molecule has 0 aromatic rings. The summed E-state index contributed by atoms with van der Waals surface area (Å²) in [6.45, 7) is 0.722. The maximum atomic E-state index is 12.7. The Bertz CT molecular complexity index is 294. The Labute approximate surface area is 102 Å². The SMILES string of the molecule is COCC1(CNC(=O)C(F)(F)C(F)F)CCCN1. The van der Waals surface area contributed by atoms with Crippen molar-refractivity contribution in [3.05, 3.63) is 0 Å². The van der Waals surface area contributed by atoms with Gasteiger partial charge in [0.2, 0.25) is 0 Å². The van der Waals surface area contributed by atoms with Gasteiger partial charge in [-0.25, -0.2) is 8.78 Å². The number of carbonyl (C=O) groups excluding carboxylic acids is 1. The highest BCUT2D eigenvalue weighted by atomic mass is 19.3. The lowest BCUT2D eigenvalue weighted by molar-refractivity contribution is -0.169. The minimum Gasteiger partial charge on any atom is -0.383 e. The standard InChI is InChI=1S/C10H16F4N2O2/c1-18-6-9(3-2-4-16-9)5-15-8(17)10(13,14)7(11)12/h7,16H,2-6H2,1H3,(H,15,17). The van der Waals surface area contributed by atoms with Crippen LogP contribution in [0.4, 0.5) is 17.6 Å². The molecule has 2 N–H and O–H groups in total. The number of halogens is 4. The van der Waals surface area contributed by atoms with E-state index in [4.69, 9.17) is 4.74 Å². The Morgan fingerprint density at radius 2 is 2.22 bits per heavy atom. The van der Waals surface area contributed by atoms with Crippen LogP contribution in [0.1, 0.15) is 12.8 Å². The Morgan fingerprint density at radius 3 is 2.67 bits per heavy atom. The molecule has 4 nitrogen and oxygen atoms in total. The van der Waals surface area contributed by atoms with Crippen molar-refractivity contribution in [1.82, 2.24) is 10.6 Å². The quantitative estimate of drug-likeness (QED) is 0.702. The van der Waals surface area contributed by atoms with Crippen molar-refractivity contribution in [3.63, 3.8) is 0 Å². The van der Waals surface area contributed by atoms with Crippen LogP contribution in [0.15, 0.2) is 0 Å². The van der Waals surface area contributed by atoms with Gasteiger partial charge >= 0.3 is 12.3 Å². The maximum absolute atomic E-state index is 12.7. The topological polar surface area (TPSA) is 50.4 Å². The molecule has 1 amide bonds. The summed E-state index contributed by atoms with van der Waals surface area (Å²) in [5.74, 6) is -6.62. The molecule has 1 aliphatic heterocycles. The predicted octanol–water partition coefficient (Wildman–Crippen LogP) is 0.772. The van der Waals surface area contributed by atoms with Crippen LogP contribution in [0.3, 0.4) is 0 Å². The second-order valence-electron chi connectivity index (χ2n) is 4.35. The van der Waals surface area contributed by atoms with Crippen LogP contribution < -0.4 is 10.6 Å². The second kappa shape index (κ2) is 5.83. The highest BCUT2D eigenvalue weighted by Gasteiger charge is 2.49. The lowest BCUT2D eigenvalue weighted by atomic mass is 9.98. The molecule has 0 bridgehead atoms. The molecule has 0 saturated carbocycles. The van der Waals surface area contributed by atoms with Crippen molar-refractivity contribution in [2.45, 2.75) is 30.7 Å². The van der Waals surface area contributed by atoms with Crippen LogP contribution in [0.2, 0.25) is 0 Å². The first kappa shape index (κ1) is 15.2. The number of hydrogen-bond donors (Lipinski definition) is 2. The van der Waals surface area contributed by atoms with E-state index in [-0.39, 0.29) is 13.2 Å². The largest absolute Gasteiger partial charge is 0.383 e. The summed E-state index contributed by atoms with van der Waals surface area (Å²) in [6, 6.07) is 0. The lowest BCUT2D eigenvalue weighted by Gasteiger charge is -2.29. The molecule has 0 radical (unpaired) electrons. The van der Waals surface area contributed by atoms with E-state index in [1.54, 1.807) is 0 Å². The van der Waals surface area contributed by atoms with Gasteiger partial charge in [0.15, 0.2) is 0 Å². The van der Waals surface area contributed by atoms with Crippen molar-refractivity contribution in [1.29, 1.82) is 0 Å². The summed E-state index contributed by atoms with van der Waals surface area (Å²) < 4.78 is 54.3. The molecule has 1 heterocycles. The fourth-order valence-electron chi connectivity index (χ4n) is 1.94. The van der Waals surface area contributed by atoms with Crippen molar-refractivity contribution in [3.8, 4) is 0 Å². The van der Waals surface area contributed by atoms with E-state index in [1.165, 1.54) is 7.11 Å². The molecule has 18 heavy (non-hydrogen) atoms. The molecule has 1 unspecified atom stereocenters. The van der Waals surface area contributed by atoms with Gasteiger partial charge in [-0.15, -0.1) is 0 Å². The Balaban J connectivity index is 2.55. The van der Waals surface area contributed by atoms with Gasteiger partial charge in [-0.1, -0.05) is 0 Å². The van der Waals surface area contributed by atoms with Crippen molar-refractivity contribution < 1.29 is 27.1 Å². The zero-order valence-electron chi connectivity index (χ0n) is 9.94. The molecule has 1 aliphatic rings. The smallest absolute Gasteiger partial charge is 0.383 e. The summed E-state index contributed by atoms with van der Waals surface area (Å²) >= 11 is 0. The van der Waals surface area contributed by atoms with Gasteiger partial charge < -0.3 is 15.4 Å². The van der Waals surface area contributed by atoms with Crippen LogP contribution >= 0.6 is 0 Å².